The normalized spacial score (nSPS) is 20.8. The predicted octanol–water partition coefficient (Wildman–Crippen LogP) is 5.54. The Morgan fingerprint density at radius 1 is 0.941 bits per heavy atom. The van der Waals surface area contributed by atoms with Gasteiger partial charge >= 0.3 is 0 Å². The van der Waals surface area contributed by atoms with Crippen LogP contribution in [0.3, 0.4) is 0 Å². The molecule has 2 aliphatic rings. The van der Waals surface area contributed by atoms with Crippen molar-refractivity contribution < 1.29 is 33.7 Å². The van der Waals surface area contributed by atoms with Gasteiger partial charge in [0.05, 0.1) is 41.4 Å². The molecule has 1 spiro atoms. The highest BCUT2D eigenvalue weighted by Gasteiger charge is 2.65. The van der Waals surface area contributed by atoms with E-state index in [1.165, 1.54) is 0 Å². The minimum absolute atomic E-state index is 0.0344. The van der Waals surface area contributed by atoms with Crippen molar-refractivity contribution in [3.63, 3.8) is 0 Å². The molecule has 0 saturated carbocycles. The van der Waals surface area contributed by atoms with Gasteiger partial charge in [0.1, 0.15) is 11.5 Å². The number of hydrogen-bond acceptors (Lipinski definition) is 7. The lowest BCUT2D eigenvalue weighted by Gasteiger charge is -2.37. The number of fused-ring (bicyclic) bond motifs is 2. The van der Waals surface area contributed by atoms with Crippen LogP contribution in [-0.4, -0.2) is 69.3 Å². The average Bonchev–Trinajstić information content (AvgIpc) is 3.60. The van der Waals surface area contributed by atoms with Crippen molar-refractivity contribution in [1.29, 1.82) is 0 Å². The second kappa shape index (κ2) is 14.7. The lowest BCUT2D eigenvalue weighted by molar-refractivity contribution is -0.148. The van der Waals surface area contributed by atoms with E-state index in [0.717, 1.165) is 16.5 Å². The van der Waals surface area contributed by atoms with Crippen LogP contribution in [0.15, 0.2) is 97.1 Å². The van der Waals surface area contributed by atoms with Crippen LogP contribution < -0.4 is 25.3 Å². The van der Waals surface area contributed by atoms with E-state index >= 15 is 0 Å². The summed E-state index contributed by atoms with van der Waals surface area (Å²) in [5, 5.41) is 17.1. The topological polar surface area (TPSA) is 126 Å². The maximum absolute atomic E-state index is 14.2. The van der Waals surface area contributed by atoms with E-state index in [1.54, 1.807) is 55.5 Å². The summed E-state index contributed by atoms with van der Waals surface area (Å²) in [6, 6.07) is 29.9. The molecule has 3 amide bonds. The Hall–Kier alpha value is -4.97. The van der Waals surface area contributed by atoms with E-state index in [0.29, 0.717) is 34.8 Å². The summed E-state index contributed by atoms with van der Waals surface area (Å²) in [5.41, 5.74) is 1.59. The van der Waals surface area contributed by atoms with E-state index in [2.05, 4.69) is 35.9 Å². The zero-order valence-electron chi connectivity index (χ0n) is 29.6. The van der Waals surface area contributed by atoms with Gasteiger partial charge in [-0.15, -0.1) is 0 Å². The van der Waals surface area contributed by atoms with Gasteiger partial charge in [0.15, 0.2) is 5.60 Å². The number of carbonyl (C=O) groups excluding carboxylic acids is 3. The molecule has 2 heterocycles. The van der Waals surface area contributed by atoms with Gasteiger partial charge in [-0.3, -0.25) is 14.4 Å². The molecule has 266 valence electrons. The van der Waals surface area contributed by atoms with Gasteiger partial charge in [0.2, 0.25) is 5.91 Å². The highest BCUT2D eigenvalue weighted by molar-refractivity contribution is 6.91. The fraction of sp³-hybridized carbons (Fsp3) is 0.325. The Balaban J connectivity index is 1.36. The van der Waals surface area contributed by atoms with Crippen LogP contribution in [-0.2, 0) is 26.5 Å². The first-order valence-corrected chi connectivity index (χ1v) is 20.3. The summed E-state index contributed by atoms with van der Waals surface area (Å²) < 4.78 is 17.7. The molecule has 6 rings (SSSR count). The third-order valence-electron chi connectivity index (χ3n) is 10.5. The van der Waals surface area contributed by atoms with E-state index in [4.69, 9.17) is 14.2 Å². The van der Waals surface area contributed by atoms with Crippen molar-refractivity contribution in [2.75, 3.05) is 38.0 Å². The van der Waals surface area contributed by atoms with E-state index in [9.17, 15) is 19.5 Å². The molecular weight excluding hydrogens is 663 g/mol. The van der Waals surface area contributed by atoms with Crippen molar-refractivity contribution in [2.45, 2.75) is 50.2 Å². The van der Waals surface area contributed by atoms with E-state index in [-0.39, 0.29) is 48.8 Å². The Kier molecular flexibility index (Phi) is 10.3. The molecule has 2 aliphatic heterocycles. The lowest BCUT2D eigenvalue weighted by Crippen LogP contribution is -2.52. The van der Waals surface area contributed by atoms with E-state index < -0.39 is 19.8 Å². The second-order valence-corrected chi connectivity index (χ2v) is 18.5. The molecule has 3 N–H and O–H groups in total. The van der Waals surface area contributed by atoms with Crippen molar-refractivity contribution in [3.05, 3.63) is 114 Å². The van der Waals surface area contributed by atoms with Crippen LogP contribution in [0.25, 0.3) is 0 Å². The maximum atomic E-state index is 14.2. The number of carbonyl (C=O) groups is 3. The minimum Gasteiger partial charge on any atom is -0.497 e. The summed E-state index contributed by atoms with van der Waals surface area (Å²) in [6.07, 6.45) is -0.574. The van der Waals surface area contributed by atoms with Crippen molar-refractivity contribution in [3.8, 4) is 11.5 Å². The molecule has 51 heavy (non-hydrogen) atoms. The highest BCUT2D eigenvalue weighted by atomic mass is 28.3. The molecule has 4 aromatic rings. The first-order valence-electron chi connectivity index (χ1n) is 17.2. The van der Waals surface area contributed by atoms with Crippen LogP contribution in [0, 0.1) is 5.92 Å². The number of methoxy groups -OCH3 is 2. The third kappa shape index (κ3) is 6.89. The number of anilines is 2. The summed E-state index contributed by atoms with van der Waals surface area (Å²) in [6.45, 7) is 6.89. The number of rotatable bonds is 12. The Labute approximate surface area is 299 Å². The van der Waals surface area contributed by atoms with Gasteiger partial charge in [-0.1, -0.05) is 67.7 Å². The van der Waals surface area contributed by atoms with Crippen molar-refractivity contribution in [1.82, 2.24) is 4.90 Å². The Bertz CT molecular complexity index is 1880. The predicted molar refractivity (Wildman–Crippen MR) is 199 cm³/mol. The van der Waals surface area contributed by atoms with Gasteiger partial charge in [0.25, 0.3) is 11.8 Å². The first-order chi connectivity index (χ1) is 24.5. The minimum atomic E-state index is -2.50. The number of nitrogens with one attached hydrogen (secondary N) is 2. The highest BCUT2D eigenvalue weighted by Crippen LogP contribution is 2.59. The molecule has 0 aromatic heterocycles. The number of nitrogens with zero attached hydrogens (tertiary/aromatic N) is 1. The van der Waals surface area contributed by atoms with Gasteiger partial charge in [-0.25, -0.2) is 0 Å². The number of ether oxygens (including phenoxy) is 3. The van der Waals surface area contributed by atoms with Crippen molar-refractivity contribution in [2.24, 2.45) is 5.92 Å². The quantitative estimate of drug-likeness (QED) is 0.165. The standard InChI is InChI=1S/C40H45N3O7Si/c1-26-37(51(4,5)32-18-16-31(49-3)17-19-32)35(24-36(45)43(21-22-44)25-27-9-7-6-8-10-27)50-40(26)33-23-29(13-20-34(33)42-39(40)47)41-38(46)28-11-14-30(48-2)15-12-28/h6-20,23,26,35,37,44H,21-22,24-25H2,1-5H3,(H,41,46)(H,42,47)/t26-,35+,37-,40+/m0/s1. The van der Waals surface area contributed by atoms with Crippen molar-refractivity contribution >= 4 is 42.4 Å². The third-order valence-corrected chi connectivity index (χ3v) is 14.9. The molecule has 0 bridgehead atoms. The zero-order valence-corrected chi connectivity index (χ0v) is 30.6. The second-order valence-electron chi connectivity index (χ2n) is 13.8. The molecule has 10 nitrogen and oxygen atoms in total. The molecule has 1 fully saturated rings. The van der Waals surface area contributed by atoms with Crippen LogP contribution in [0.4, 0.5) is 11.4 Å². The van der Waals surface area contributed by atoms with Crippen LogP contribution in [0.2, 0.25) is 18.6 Å². The number of hydrogen-bond donors (Lipinski definition) is 3. The summed E-state index contributed by atoms with van der Waals surface area (Å²) >= 11 is 0. The first kappa shape index (κ1) is 35.8. The summed E-state index contributed by atoms with van der Waals surface area (Å²) in [5.74, 6) is 0.294. The van der Waals surface area contributed by atoms with E-state index in [1.807, 2.05) is 55.5 Å². The molecule has 0 aliphatic carbocycles. The van der Waals surface area contributed by atoms with Gasteiger partial charge in [0, 0.05) is 41.5 Å². The lowest BCUT2D eigenvalue weighted by atomic mass is 9.82. The summed E-state index contributed by atoms with van der Waals surface area (Å²) in [4.78, 5) is 43.3. The molecule has 4 atom stereocenters. The Morgan fingerprint density at radius 2 is 1.59 bits per heavy atom. The Morgan fingerprint density at radius 3 is 2.22 bits per heavy atom. The molecule has 0 radical (unpaired) electrons. The molecule has 1 saturated heterocycles. The zero-order chi connectivity index (χ0) is 36.3. The fourth-order valence-electron chi connectivity index (χ4n) is 7.87. The average molecular weight is 708 g/mol. The molecule has 0 unspecified atom stereocenters. The van der Waals surface area contributed by atoms with Crippen LogP contribution in [0.5, 0.6) is 11.5 Å². The SMILES string of the molecule is COc1ccc(C(=O)Nc2ccc3c(c2)[C@@]2(O[C@H](CC(=O)N(CCO)Cc4ccccc4)[C@@H]([Si](C)(C)c4ccc(OC)cc4)[C@@H]2C)C(=O)N3)cc1. The monoisotopic (exact) mass is 707 g/mol. The number of amides is 3. The maximum Gasteiger partial charge on any atom is 0.261 e. The summed E-state index contributed by atoms with van der Waals surface area (Å²) in [7, 11) is 0.701. The fourth-order valence-corrected chi connectivity index (χ4v) is 11.9. The number of aliphatic hydroxyl groups is 1. The smallest absolute Gasteiger partial charge is 0.261 e. The number of aliphatic hydroxyl groups excluding tert-OH is 1. The largest absolute Gasteiger partial charge is 0.497 e. The van der Waals surface area contributed by atoms with Crippen LogP contribution >= 0.6 is 0 Å². The molecule has 4 aromatic carbocycles. The van der Waals surface area contributed by atoms with Crippen LogP contribution in [0.1, 0.15) is 34.8 Å². The van der Waals surface area contributed by atoms with Gasteiger partial charge in [-0.05, 0) is 65.7 Å². The molecular formula is C40H45N3O7Si. The number of benzene rings is 4. The van der Waals surface area contributed by atoms with Gasteiger partial charge in [-0.2, -0.15) is 0 Å². The molecule has 11 heteroatoms. The van der Waals surface area contributed by atoms with Gasteiger partial charge < -0.3 is 34.9 Å².